The van der Waals surface area contributed by atoms with Crippen LogP contribution < -0.4 is 5.32 Å². The Morgan fingerprint density at radius 2 is 2.15 bits per heavy atom. The summed E-state index contributed by atoms with van der Waals surface area (Å²) in [5, 5.41) is 12.7. The van der Waals surface area contributed by atoms with Crippen LogP contribution in [0.3, 0.4) is 0 Å². The summed E-state index contributed by atoms with van der Waals surface area (Å²) >= 11 is 0. The minimum atomic E-state index is 0.306. The van der Waals surface area contributed by atoms with Crippen molar-refractivity contribution >= 4 is 0 Å². The minimum Gasteiger partial charge on any atom is -0.396 e. The quantitative estimate of drug-likeness (QED) is 0.663. The molecule has 1 heterocycles. The zero-order valence-electron chi connectivity index (χ0n) is 8.95. The number of likely N-dealkylation sites (N-methyl/N-ethyl adjacent to an activating group) is 1. The molecule has 2 N–H and O–H groups in total. The van der Waals surface area contributed by atoms with Gasteiger partial charge in [-0.15, -0.1) is 0 Å². The molecule has 1 aliphatic heterocycles. The van der Waals surface area contributed by atoms with E-state index in [9.17, 15) is 5.11 Å². The first kappa shape index (κ1) is 11.0. The lowest BCUT2D eigenvalue weighted by molar-refractivity contribution is 0.206. The molecule has 0 saturated carbocycles. The Morgan fingerprint density at radius 1 is 1.46 bits per heavy atom. The predicted molar refractivity (Wildman–Crippen MR) is 54.7 cm³/mol. The molecule has 78 valence electrons. The largest absolute Gasteiger partial charge is 0.396 e. The number of hydrogen-bond donors (Lipinski definition) is 2. The third kappa shape index (κ3) is 2.93. The smallest absolute Gasteiger partial charge is 0.0486 e. The molecule has 3 heteroatoms. The summed E-state index contributed by atoms with van der Waals surface area (Å²) < 4.78 is 0. The first-order valence-corrected chi connectivity index (χ1v) is 5.26. The lowest BCUT2D eigenvalue weighted by Crippen LogP contribution is -2.41. The Bertz CT molecular complexity index is 150. The van der Waals surface area contributed by atoms with Gasteiger partial charge in [-0.05, 0) is 6.54 Å². The fourth-order valence-electron chi connectivity index (χ4n) is 2.02. The van der Waals surface area contributed by atoms with Crippen molar-refractivity contribution in [2.45, 2.75) is 32.9 Å². The van der Waals surface area contributed by atoms with Gasteiger partial charge in [0.15, 0.2) is 0 Å². The molecule has 2 atom stereocenters. The SMILES string of the molecule is CCN1C[C@@H](CO)[C@H](NC(C)C)C1. The van der Waals surface area contributed by atoms with Gasteiger partial charge in [-0.3, -0.25) is 0 Å². The molecule has 0 bridgehead atoms. The Kier molecular flexibility index (Phi) is 4.16. The van der Waals surface area contributed by atoms with Crippen LogP contribution in [0.15, 0.2) is 0 Å². The highest BCUT2D eigenvalue weighted by Gasteiger charge is 2.31. The van der Waals surface area contributed by atoms with Crippen LogP contribution in [0.2, 0.25) is 0 Å². The summed E-state index contributed by atoms with van der Waals surface area (Å²) in [6.07, 6.45) is 0. The summed E-state index contributed by atoms with van der Waals surface area (Å²) in [6.45, 7) is 10.0. The zero-order valence-corrected chi connectivity index (χ0v) is 8.95. The highest BCUT2D eigenvalue weighted by Crippen LogP contribution is 2.16. The van der Waals surface area contributed by atoms with Gasteiger partial charge in [0.05, 0.1) is 0 Å². The van der Waals surface area contributed by atoms with Crippen molar-refractivity contribution in [3.8, 4) is 0 Å². The lowest BCUT2D eigenvalue weighted by atomic mass is 10.0. The molecule has 0 aromatic rings. The van der Waals surface area contributed by atoms with Crippen LogP contribution in [0.5, 0.6) is 0 Å². The Balaban J connectivity index is 2.43. The van der Waals surface area contributed by atoms with Gasteiger partial charge in [0.2, 0.25) is 0 Å². The molecule has 13 heavy (non-hydrogen) atoms. The number of aliphatic hydroxyl groups is 1. The topological polar surface area (TPSA) is 35.5 Å². The second-order valence-corrected chi connectivity index (χ2v) is 4.22. The molecular weight excluding hydrogens is 164 g/mol. The maximum atomic E-state index is 9.20. The average Bonchev–Trinajstić information content (AvgIpc) is 2.46. The third-order valence-corrected chi connectivity index (χ3v) is 2.75. The second kappa shape index (κ2) is 4.94. The Labute approximate surface area is 81.1 Å². The van der Waals surface area contributed by atoms with Crippen LogP contribution in [0.25, 0.3) is 0 Å². The monoisotopic (exact) mass is 186 g/mol. The first-order valence-electron chi connectivity index (χ1n) is 5.26. The van der Waals surface area contributed by atoms with Crippen LogP contribution in [-0.2, 0) is 0 Å². The van der Waals surface area contributed by atoms with E-state index in [-0.39, 0.29) is 0 Å². The van der Waals surface area contributed by atoms with Crippen LogP contribution in [0, 0.1) is 5.92 Å². The van der Waals surface area contributed by atoms with Crippen molar-refractivity contribution in [3.63, 3.8) is 0 Å². The van der Waals surface area contributed by atoms with E-state index < -0.39 is 0 Å². The maximum Gasteiger partial charge on any atom is 0.0486 e. The van der Waals surface area contributed by atoms with Crippen molar-refractivity contribution in [1.82, 2.24) is 10.2 Å². The first-order chi connectivity index (χ1) is 6.17. The molecule has 0 aromatic heterocycles. The van der Waals surface area contributed by atoms with Crippen molar-refractivity contribution in [2.24, 2.45) is 5.92 Å². The van der Waals surface area contributed by atoms with E-state index >= 15 is 0 Å². The van der Waals surface area contributed by atoms with E-state index in [0.29, 0.717) is 24.6 Å². The molecular formula is C10H22N2O. The maximum absolute atomic E-state index is 9.20. The standard InChI is InChI=1S/C10H22N2O/c1-4-12-5-9(7-13)10(6-12)11-8(2)3/h8-11,13H,4-7H2,1-3H3/t9-,10+/m0/s1. The van der Waals surface area contributed by atoms with Crippen LogP contribution in [-0.4, -0.2) is 48.3 Å². The Morgan fingerprint density at radius 3 is 2.62 bits per heavy atom. The molecule has 0 radical (unpaired) electrons. The number of rotatable bonds is 4. The molecule has 1 fully saturated rings. The average molecular weight is 186 g/mol. The molecule has 0 aliphatic carbocycles. The molecule has 0 spiro atoms. The van der Waals surface area contributed by atoms with Gasteiger partial charge in [-0.2, -0.15) is 0 Å². The summed E-state index contributed by atoms with van der Waals surface area (Å²) in [6, 6.07) is 0.987. The van der Waals surface area contributed by atoms with Crippen molar-refractivity contribution in [3.05, 3.63) is 0 Å². The van der Waals surface area contributed by atoms with E-state index in [1.54, 1.807) is 0 Å². The number of likely N-dealkylation sites (tertiary alicyclic amines) is 1. The predicted octanol–water partition coefficient (Wildman–Crippen LogP) is 0.297. The molecule has 0 amide bonds. The van der Waals surface area contributed by atoms with Crippen molar-refractivity contribution < 1.29 is 5.11 Å². The van der Waals surface area contributed by atoms with Crippen molar-refractivity contribution in [2.75, 3.05) is 26.2 Å². The lowest BCUT2D eigenvalue weighted by Gasteiger charge is -2.20. The highest BCUT2D eigenvalue weighted by atomic mass is 16.3. The summed E-state index contributed by atoms with van der Waals surface area (Å²) in [5.41, 5.74) is 0. The molecule has 3 nitrogen and oxygen atoms in total. The van der Waals surface area contributed by atoms with E-state index in [0.717, 1.165) is 19.6 Å². The second-order valence-electron chi connectivity index (χ2n) is 4.22. The van der Waals surface area contributed by atoms with E-state index in [1.165, 1.54) is 0 Å². The van der Waals surface area contributed by atoms with Gasteiger partial charge in [0.1, 0.15) is 0 Å². The number of hydrogen-bond acceptors (Lipinski definition) is 3. The molecule has 0 unspecified atom stereocenters. The van der Waals surface area contributed by atoms with Gasteiger partial charge in [0.25, 0.3) is 0 Å². The summed E-state index contributed by atoms with van der Waals surface area (Å²) in [5.74, 6) is 0.419. The normalized spacial score (nSPS) is 30.2. The number of aliphatic hydroxyl groups excluding tert-OH is 1. The molecule has 0 aromatic carbocycles. The molecule has 1 rings (SSSR count). The molecule has 1 saturated heterocycles. The number of nitrogens with zero attached hydrogens (tertiary/aromatic N) is 1. The fourth-order valence-corrected chi connectivity index (χ4v) is 2.02. The van der Waals surface area contributed by atoms with Crippen LogP contribution in [0.4, 0.5) is 0 Å². The fraction of sp³-hybridized carbons (Fsp3) is 1.00. The molecule has 1 aliphatic rings. The van der Waals surface area contributed by atoms with Gasteiger partial charge < -0.3 is 15.3 Å². The van der Waals surface area contributed by atoms with Gasteiger partial charge in [0, 0.05) is 37.7 Å². The third-order valence-electron chi connectivity index (χ3n) is 2.75. The van der Waals surface area contributed by atoms with Crippen LogP contribution >= 0.6 is 0 Å². The number of nitrogens with one attached hydrogen (secondary N) is 1. The van der Waals surface area contributed by atoms with E-state index in [4.69, 9.17) is 0 Å². The van der Waals surface area contributed by atoms with Gasteiger partial charge in [-0.1, -0.05) is 20.8 Å². The minimum absolute atomic E-state index is 0.306. The van der Waals surface area contributed by atoms with Gasteiger partial charge >= 0.3 is 0 Å². The van der Waals surface area contributed by atoms with E-state index in [1.807, 2.05) is 0 Å². The van der Waals surface area contributed by atoms with Crippen molar-refractivity contribution in [1.29, 1.82) is 0 Å². The van der Waals surface area contributed by atoms with E-state index in [2.05, 4.69) is 31.0 Å². The Hall–Kier alpha value is -0.120. The van der Waals surface area contributed by atoms with Crippen LogP contribution in [0.1, 0.15) is 20.8 Å². The summed E-state index contributed by atoms with van der Waals surface area (Å²) in [7, 11) is 0. The summed E-state index contributed by atoms with van der Waals surface area (Å²) in [4.78, 5) is 2.39. The van der Waals surface area contributed by atoms with Gasteiger partial charge in [-0.25, -0.2) is 0 Å². The highest BCUT2D eigenvalue weighted by molar-refractivity contribution is 4.88. The zero-order chi connectivity index (χ0) is 9.84.